The minimum Gasteiger partial charge on any atom is -0.461 e. The van der Waals surface area contributed by atoms with Crippen LogP contribution in [0.2, 0.25) is 0 Å². The minimum atomic E-state index is -0.535. The summed E-state index contributed by atoms with van der Waals surface area (Å²) in [5.74, 6) is 5.43. The van der Waals surface area contributed by atoms with Crippen LogP contribution in [0.1, 0.15) is 119 Å². The van der Waals surface area contributed by atoms with Crippen LogP contribution >= 0.6 is 11.8 Å². The lowest BCUT2D eigenvalue weighted by atomic mass is 9.47. The Kier molecular flexibility index (Phi) is 10.3. The van der Waals surface area contributed by atoms with Gasteiger partial charge in [-0.2, -0.15) is 11.8 Å². The molecule has 0 bridgehead atoms. The zero-order valence-corrected chi connectivity index (χ0v) is 26.8. The van der Waals surface area contributed by atoms with E-state index in [1.165, 1.54) is 58.3 Å². The summed E-state index contributed by atoms with van der Waals surface area (Å²) in [6.07, 6.45) is 19.1. The largest absolute Gasteiger partial charge is 0.461 e. The molecule has 0 radical (unpaired) electrons. The molecule has 0 saturated heterocycles. The third-order valence-electron chi connectivity index (χ3n) is 11.8. The Morgan fingerprint density at radius 1 is 1.05 bits per heavy atom. The highest BCUT2D eigenvalue weighted by molar-refractivity contribution is 7.98. The highest BCUT2D eigenvalue weighted by atomic mass is 32.2. The summed E-state index contributed by atoms with van der Waals surface area (Å²) in [5.41, 5.74) is 2.32. The smallest absolute Gasteiger partial charge is 0.328 e. The highest BCUT2D eigenvalue weighted by Crippen LogP contribution is 2.67. The molecule has 0 aromatic heterocycles. The standard InChI is InChI=1S/C34H57NO3S/c1-22(2)9-8-10-23(3)28-13-14-29-27-12-11-25-21-26(38-32(37)31(17-20-39-7)35-24(4)36)15-18-33(25,5)30(27)16-19-34(28,29)6/h11,22-23,26-31H,8-10,12-21H2,1-7H3,(H,35,36)/t23?,26?,27?,28-,29?,30?,31?,33+,34-/m1/s1. The Bertz CT molecular complexity index is 901. The van der Waals surface area contributed by atoms with Gasteiger partial charge in [-0.05, 0) is 110 Å². The van der Waals surface area contributed by atoms with E-state index in [1.54, 1.807) is 17.3 Å². The highest BCUT2D eigenvalue weighted by Gasteiger charge is 2.59. The summed E-state index contributed by atoms with van der Waals surface area (Å²) in [6.45, 7) is 14.0. The fourth-order valence-corrected chi connectivity index (χ4v) is 10.2. The van der Waals surface area contributed by atoms with Crippen LogP contribution in [0.4, 0.5) is 0 Å². The SMILES string of the molecule is CSCCC(NC(C)=O)C(=O)OC1CC[C@@]2(C)C(=CCC3C2CC[C@@]2(C)C3CC[C@@H]2C(C)CCCC(C)C)C1. The summed E-state index contributed by atoms with van der Waals surface area (Å²) in [7, 11) is 0. The number of amides is 1. The molecular formula is C34H57NO3S. The van der Waals surface area contributed by atoms with Crippen molar-refractivity contribution in [1.29, 1.82) is 0 Å². The van der Waals surface area contributed by atoms with Crippen molar-refractivity contribution in [3.05, 3.63) is 11.6 Å². The lowest BCUT2D eigenvalue weighted by Crippen LogP contribution is -2.51. The molecule has 1 N–H and O–H groups in total. The Morgan fingerprint density at radius 2 is 1.82 bits per heavy atom. The molecule has 4 aliphatic carbocycles. The summed E-state index contributed by atoms with van der Waals surface area (Å²) >= 11 is 1.69. The first-order valence-electron chi connectivity index (χ1n) is 16.2. The van der Waals surface area contributed by atoms with E-state index in [-0.39, 0.29) is 23.4 Å². The Morgan fingerprint density at radius 3 is 2.51 bits per heavy atom. The van der Waals surface area contributed by atoms with Crippen molar-refractivity contribution < 1.29 is 14.3 Å². The van der Waals surface area contributed by atoms with Gasteiger partial charge in [-0.25, -0.2) is 4.79 Å². The van der Waals surface area contributed by atoms with E-state index in [0.717, 1.165) is 60.5 Å². The Hall–Kier alpha value is -0.970. The number of rotatable bonds is 11. The number of thioether (sulfide) groups is 1. The molecule has 9 atom stereocenters. The third-order valence-corrected chi connectivity index (χ3v) is 12.5. The normalized spacial score (nSPS) is 37.2. The predicted molar refractivity (Wildman–Crippen MR) is 164 cm³/mol. The van der Waals surface area contributed by atoms with Gasteiger partial charge >= 0.3 is 5.97 Å². The molecule has 4 rings (SSSR count). The molecular weight excluding hydrogens is 502 g/mol. The lowest BCUT2D eigenvalue weighted by Gasteiger charge is -2.58. The Labute approximate surface area is 243 Å². The van der Waals surface area contributed by atoms with Gasteiger partial charge in [0.25, 0.3) is 0 Å². The molecule has 0 spiro atoms. The molecule has 0 heterocycles. The molecule has 0 aromatic carbocycles. The van der Waals surface area contributed by atoms with Crippen LogP contribution in [0.3, 0.4) is 0 Å². The van der Waals surface area contributed by atoms with Gasteiger partial charge in [0.15, 0.2) is 0 Å². The van der Waals surface area contributed by atoms with Gasteiger partial charge in [0.2, 0.25) is 5.91 Å². The molecule has 4 aliphatic rings. The minimum absolute atomic E-state index is 0.0599. The topological polar surface area (TPSA) is 55.4 Å². The van der Waals surface area contributed by atoms with Crippen molar-refractivity contribution >= 4 is 23.6 Å². The van der Waals surface area contributed by atoms with Crippen LogP contribution < -0.4 is 5.32 Å². The second-order valence-corrected chi connectivity index (χ2v) is 15.6. The number of hydrogen-bond acceptors (Lipinski definition) is 4. The molecule has 0 aromatic rings. The molecule has 39 heavy (non-hydrogen) atoms. The number of allylic oxidation sites excluding steroid dienone is 1. The quantitative estimate of drug-likeness (QED) is 0.205. The number of carbonyl (C=O) groups excluding carboxylic acids is 2. The number of esters is 1. The van der Waals surface area contributed by atoms with E-state index in [2.05, 4.69) is 46.0 Å². The number of hydrogen-bond donors (Lipinski definition) is 1. The van der Waals surface area contributed by atoms with Crippen molar-refractivity contribution in [2.24, 2.45) is 46.3 Å². The molecule has 6 unspecified atom stereocenters. The first-order valence-corrected chi connectivity index (χ1v) is 17.5. The summed E-state index contributed by atoms with van der Waals surface area (Å²) in [5, 5.41) is 2.82. The van der Waals surface area contributed by atoms with Gasteiger partial charge in [-0.1, -0.05) is 65.5 Å². The van der Waals surface area contributed by atoms with Gasteiger partial charge in [-0.3, -0.25) is 4.79 Å². The van der Waals surface area contributed by atoms with Gasteiger partial charge in [0.05, 0.1) is 0 Å². The molecule has 5 heteroatoms. The fourth-order valence-electron chi connectivity index (χ4n) is 9.73. The summed E-state index contributed by atoms with van der Waals surface area (Å²) in [4.78, 5) is 24.7. The molecule has 1 amide bonds. The van der Waals surface area contributed by atoms with Crippen molar-refractivity contribution in [1.82, 2.24) is 5.32 Å². The van der Waals surface area contributed by atoms with Crippen molar-refractivity contribution in [2.45, 2.75) is 131 Å². The average Bonchev–Trinajstić information content (AvgIpc) is 3.23. The predicted octanol–water partition coefficient (Wildman–Crippen LogP) is 8.20. The number of carbonyl (C=O) groups is 2. The summed E-state index contributed by atoms with van der Waals surface area (Å²) < 4.78 is 6.05. The molecule has 3 saturated carbocycles. The van der Waals surface area contributed by atoms with Crippen LogP contribution in [0.15, 0.2) is 11.6 Å². The average molecular weight is 560 g/mol. The van der Waals surface area contributed by atoms with Crippen LogP contribution in [0, 0.1) is 46.3 Å². The van der Waals surface area contributed by atoms with Crippen molar-refractivity contribution in [3.63, 3.8) is 0 Å². The number of nitrogens with one attached hydrogen (secondary N) is 1. The zero-order valence-electron chi connectivity index (χ0n) is 26.0. The second kappa shape index (κ2) is 12.9. The first kappa shape index (κ1) is 31.0. The van der Waals surface area contributed by atoms with Crippen LogP contribution in [0.5, 0.6) is 0 Å². The first-order chi connectivity index (χ1) is 18.5. The van der Waals surface area contributed by atoms with Crippen molar-refractivity contribution in [2.75, 3.05) is 12.0 Å². The van der Waals surface area contributed by atoms with Crippen molar-refractivity contribution in [3.8, 4) is 0 Å². The van der Waals surface area contributed by atoms with E-state index >= 15 is 0 Å². The van der Waals surface area contributed by atoms with Gasteiger partial charge in [0.1, 0.15) is 12.1 Å². The monoisotopic (exact) mass is 559 g/mol. The third kappa shape index (κ3) is 6.59. The van der Waals surface area contributed by atoms with Crippen LogP contribution in [-0.2, 0) is 14.3 Å². The van der Waals surface area contributed by atoms with Crippen LogP contribution in [-0.4, -0.2) is 36.0 Å². The van der Waals surface area contributed by atoms with Crippen LogP contribution in [0.25, 0.3) is 0 Å². The summed E-state index contributed by atoms with van der Waals surface area (Å²) in [6, 6.07) is -0.535. The van der Waals surface area contributed by atoms with Gasteiger partial charge in [-0.15, -0.1) is 0 Å². The molecule has 4 nitrogen and oxygen atoms in total. The molecule has 3 fully saturated rings. The molecule has 222 valence electrons. The second-order valence-electron chi connectivity index (χ2n) is 14.6. The molecule has 0 aliphatic heterocycles. The fraction of sp³-hybridized carbons (Fsp3) is 0.882. The maximum absolute atomic E-state index is 13.0. The van der Waals surface area contributed by atoms with E-state index in [0.29, 0.717) is 11.8 Å². The number of fused-ring (bicyclic) bond motifs is 5. The van der Waals surface area contributed by atoms with E-state index in [4.69, 9.17) is 4.74 Å². The zero-order chi connectivity index (χ0) is 28.4. The maximum atomic E-state index is 13.0. The number of ether oxygens (including phenoxy) is 1. The van der Waals surface area contributed by atoms with Gasteiger partial charge in [0, 0.05) is 13.3 Å². The lowest BCUT2D eigenvalue weighted by molar-refractivity contribution is -0.155. The van der Waals surface area contributed by atoms with E-state index < -0.39 is 6.04 Å². The van der Waals surface area contributed by atoms with Gasteiger partial charge < -0.3 is 10.1 Å². The van der Waals surface area contributed by atoms with E-state index in [9.17, 15) is 9.59 Å². The maximum Gasteiger partial charge on any atom is 0.328 e. The Balaban J connectivity index is 1.40. The van der Waals surface area contributed by atoms with E-state index in [1.807, 2.05) is 6.26 Å².